The summed E-state index contributed by atoms with van der Waals surface area (Å²) in [4.78, 5) is 7.60. The molecule has 1 aromatic heterocycles. The lowest BCUT2D eigenvalue weighted by atomic mass is 10.1. The van der Waals surface area contributed by atoms with E-state index >= 15 is 0 Å². The Morgan fingerprint density at radius 3 is 2.76 bits per heavy atom. The van der Waals surface area contributed by atoms with Gasteiger partial charge in [-0.2, -0.15) is 13.2 Å². The van der Waals surface area contributed by atoms with Gasteiger partial charge in [0.25, 0.3) is 0 Å². The number of hydrogen-bond acceptors (Lipinski definition) is 3. The molecular weight excluding hydrogens is 356 g/mol. The van der Waals surface area contributed by atoms with Crippen LogP contribution in [0.2, 0.25) is 0 Å². The van der Waals surface area contributed by atoms with Crippen LogP contribution in [0.1, 0.15) is 28.6 Å². The number of halogens is 4. The molecule has 1 aromatic carbocycles. The summed E-state index contributed by atoms with van der Waals surface area (Å²) in [5.41, 5.74) is -0.232. The number of alkyl halides is 3. The molecule has 2 atom stereocenters. The monoisotopic (exact) mass is 372 g/mol. The Kier molecular flexibility index (Phi) is 4.94. The molecule has 0 amide bonds. The number of guanidine groups is 1. The fourth-order valence-corrected chi connectivity index (χ4v) is 3.27. The minimum atomic E-state index is -4.43. The molecule has 1 saturated carbocycles. The second-order valence-electron chi connectivity index (χ2n) is 5.66. The zero-order valence-corrected chi connectivity index (χ0v) is 14.1. The van der Waals surface area contributed by atoms with Crippen LogP contribution in [0.3, 0.4) is 0 Å². The van der Waals surface area contributed by atoms with Crippen LogP contribution < -0.4 is 10.6 Å². The number of hydrogen-bond donors (Lipinski definition) is 2. The second-order valence-corrected chi connectivity index (χ2v) is 6.61. The van der Waals surface area contributed by atoms with Gasteiger partial charge in [0, 0.05) is 24.4 Å². The average Bonchev–Trinajstić information content (AvgIpc) is 3.14. The summed E-state index contributed by atoms with van der Waals surface area (Å²) in [5, 5.41) is 7.39. The minimum absolute atomic E-state index is 0.0464. The van der Waals surface area contributed by atoms with E-state index < -0.39 is 11.9 Å². The molecular formula is C16H16F4N4S. The number of thiazole rings is 1. The van der Waals surface area contributed by atoms with Gasteiger partial charge < -0.3 is 10.6 Å². The summed E-state index contributed by atoms with van der Waals surface area (Å²) < 4.78 is 51.4. The highest BCUT2D eigenvalue weighted by molar-refractivity contribution is 7.09. The lowest BCUT2D eigenvalue weighted by molar-refractivity contribution is -0.140. The van der Waals surface area contributed by atoms with E-state index in [1.54, 1.807) is 25.2 Å². The molecule has 1 fully saturated rings. The number of rotatable bonds is 4. The fraction of sp³-hybridized carbons (Fsp3) is 0.375. The summed E-state index contributed by atoms with van der Waals surface area (Å²) >= 11 is 0.937. The van der Waals surface area contributed by atoms with Crippen LogP contribution in [-0.2, 0) is 12.7 Å². The standard InChI is InChI=1S/C16H16F4N4S/c1-21-15(22-7-14-24-13(8-25-14)16(18,19)20)23-12-6-10(12)9-4-2-3-5-11(9)17/h2-5,8,10,12H,6-7H2,1H3,(H2,21,22,23). The molecule has 1 aliphatic rings. The van der Waals surface area contributed by atoms with Gasteiger partial charge >= 0.3 is 6.18 Å². The zero-order valence-electron chi connectivity index (χ0n) is 13.3. The van der Waals surface area contributed by atoms with Gasteiger partial charge in [-0.25, -0.2) is 9.37 Å². The van der Waals surface area contributed by atoms with E-state index in [-0.39, 0.29) is 24.3 Å². The van der Waals surface area contributed by atoms with Crippen molar-refractivity contribution in [3.05, 3.63) is 51.7 Å². The largest absolute Gasteiger partial charge is 0.434 e. The molecule has 9 heteroatoms. The first kappa shape index (κ1) is 17.7. The highest BCUT2D eigenvalue weighted by Crippen LogP contribution is 2.41. The summed E-state index contributed by atoms with van der Waals surface area (Å²) in [6.45, 7) is 0.136. The molecule has 1 aliphatic carbocycles. The number of aliphatic imine (C=N–C) groups is 1. The first-order valence-electron chi connectivity index (χ1n) is 7.61. The van der Waals surface area contributed by atoms with Gasteiger partial charge in [0.2, 0.25) is 0 Å². The maximum absolute atomic E-state index is 13.8. The van der Waals surface area contributed by atoms with Crippen LogP contribution >= 0.6 is 11.3 Å². The van der Waals surface area contributed by atoms with E-state index in [0.717, 1.165) is 23.1 Å². The predicted molar refractivity (Wildman–Crippen MR) is 88.0 cm³/mol. The molecule has 4 nitrogen and oxygen atoms in total. The molecule has 3 rings (SSSR count). The van der Waals surface area contributed by atoms with Gasteiger partial charge in [-0.15, -0.1) is 11.3 Å². The first-order chi connectivity index (χ1) is 11.9. The molecule has 25 heavy (non-hydrogen) atoms. The molecule has 134 valence electrons. The van der Waals surface area contributed by atoms with Crippen LogP contribution in [0, 0.1) is 5.82 Å². The van der Waals surface area contributed by atoms with Crippen LogP contribution in [0.4, 0.5) is 17.6 Å². The SMILES string of the molecule is CN=C(NCc1nc(C(F)(F)F)cs1)NC1CC1c1ccccc1F. The Morgan fingerprint density at radius 2 is 2.12 bits per heavy atom. The molecule has 2 aromatic rings. The summed E-state index contributed by atoms with van der Waals surface area (Å²) in [6.07, 6.45) is -3.66. The van der Waals surface area contributed by atoms with Crippen molar-refractivity contribution < 1.29 is 17.6 Å². The highest BCUT2D eigenvalue weighted by Gasteiger charge is 2.40. The number of nitrogens with one attached hydrogen (secondary N) is 2. The van der Waals surface area contributed by atoms with Crippen molar-refractivity contribution in [3.8, 4) is 0 Å². The predicted octanol–water partition coefficient (Wildman–Crippen LogP) is 3.52. The van der Waals surface area contributed by atoms with Crippen LogP contribution in [0.15, 0.2) is 34.6 Å². The Morgan fingerprint density at radius 1 is 1.36 bits per heavy atom. The summed E-state index contributed by atoms with van der Waals surface area (Å²) in [5.74, 6) is 0.284. The van der Waals surface area contributed by atoms with Gasteiger partial charge in [-0.1, -0.05) is 18.2 Å². The van der Waals surface area contributed by atoms with E-state index in [1.807, 2.05) is 0 Å². The average molecular weight is 372 g/mol. The molecule has 0 bridgehead atoms. The topological polar surface area (TPSA) is 49.3 Å². The normalized spacial score (nSPS) is 20.4. The lowest BCUT2D eigenvalue weighted by Crippen LogP contribution is -2.38. The van der Waals surface area contributed by atoms with Crippen molar-refractivity contribution in [2.45, 2.75) is 31.1 Å². The molecule has 0 radical (unpaired) electrons. The van der Waals surface area contributed by atoms with Crippen molar-refractivity contribution in [3.63, 3.8) is 0 Å². The summed E-state index contributed by atoms with van der Waals surface area (Å²) in [7, 11) is 1.57. The number of benzene rings is 1. The minimum Gasteiger partial charge on any atom is -0.353 e. The zero-order chi connectivity index (χ0) is 18.0. The quantitative estimate of drug-likeness (QED) is 0.491. The van der Waals surface area contributed by atoms with Crippen molar-refractivity contribution in [1.29, 1.82) is 0 Å². The third-order valence-corrected chi connectivity index (χ3v) is 4.74. The highest BCUT2D eigenvalue weighted by atomic mass is 32.1. The van der Waals surface area contributed by atoms with Gasteiger partial charge in [0.1, 0.15) is 10.8 Å². The number of nitrogens with zero attached hydrogens (tertiary/aromatic N) is 2. The summed E-state index contributed by atoms with van der Waals surface area (Å²) in [6, 6.07) is 6.67. The van der Waals surface area contributed by atoms with E-state index in [0.29, 0.717) is 16.5 Å². The lowest BCUT2D eigenvalue weighted by Gasteiger charge is -2.11. The Bertz CT molecular complexity index is 771. The van der Waals surface area contributed by atoms with Gasteiger partial charge in [-0.05, 0) is 18.1 Å². The third-order valence-electron chi connectivity index (χ3n) is 3.89. The van der Waals surface area contributed by atoms with Crippen LogP contribution in [-0.4, -0.2) is 24.0 Å². The van der Waals surface area contributed by atoms with Crippen molar-refractivity contribution >= 4 is 17.3 Å². The van der Waals surface area contributed by atoms with Gasteiger partial charge in [-0.3, -0.25) is 4.99 Å². The maximum atomic E-state index is 13.8. The van der Waals surface area contributed by atoms with Crippen LogP contribution in [0.25, 0.3) is 0 Å². The second kappa shape index (κ2) is 6.99. The van der Waals surface area contributed by atoms with Gasteiger partial charge in [0.05, 0.1) is 6.54 Å². The molecule has 2 unspecified atom stereocenters. The van der Waals surface area contributed by atoms with Crippen LogP contribution in [0.5, 0.6) is 0 Å². The Labute approximate surface area is 146 Å². The van der Waals surface area contributed by atoms with E-state index in [4.69, 9.17) is 0 Å². The van der Waals surface area contributed by atoms with E-state index in [9.17, 15) is 17.6 Å². The van der Waals surface area contributed by atoms with Crippen molar-refractivity contribution in [2.75, 3.05) is 7.05 Å². The van der Waals surface area contributed by atoms with E-state index in [2.05, 4.69) is 20.6 Å². The third kappa shape index (κ3) is 4.28. The molecule has 1 heterocycles. The fourth-order valence-electron chi connectivity index (χ4n) is 2.53. The molecule has 2 N–H and O–H groups in total. The molecule has 0 spiro atoms. The smallest absolute Gasteiger partial charge is 0.353 e. The van der Waals surface area contributed by atoms with Crippen molar-refractivity contribution in [1.82, 2.24) is 15.6 Å². The van der Waals surface area contributed by atoms with Crippen molar-refractivity contribution in [2.24, 2.45) is 4.99 Å². The van der Waals surface area contributed by atoms with E-state index in [1.165, 1.54) is 6.07 Å². The number of aromatic nitrogens is 1. The maximum Gasteiger partial charge on any atom is 0.434 e. The Balaban J connectivity index is 1.53. The first-order valence-corrected chi connectivity index (χ1v) is 8.49. The Hall–Kier alpha value is -2.16. The molecule has 0 aliphatic heterocycles. The molecule has 0 saturated heterocycles. The van der Waals surface area contributed by atoms with Gasteiger partial charge in [0.15, 0.2) is 11.7 Å².